The van der Waals surface area contributed by atoms with Crippen LogP contribution >= 0.6 is 0 Å². The maximum Gasteiger partial charge on any atom is -0.0281 e. The molecule has 0 heterocycles. The Morgan fingerprint density at radius 1 is 0.750 bits per heavy atom. The number of benzene rings is 1. The predicted octanol–water partition coefficient (Wildman–Crippen LogP) is 5.86. The fraction of sp³-hybridized carbons (Fsp3) is 0.625. The zero-order valence-electron chi connectivity index (χ0n) is 11.9. The molecule has 0 fully saturated rings. The van der Waals surface area contributed by atoms with Gasteiger partial charge in [0, 0.05) is 0 Å². The molecule has 0 saturated heterocycles. The minimum absolute atomic E-state index is 1.21. The third-order valence-corrected chi connectivity index (χ3v) is 2.09. The largest absolute Gasteiger partial charge is 0.0683 e. The highest BCUT2D eigenvalue weighted by molar-refractivity contribution is 5.14. The Hall–Kier alpha value is -0.780. The van der Waals surface area contributed by atoms with Crippen LogP contribution in [0.4, 0.5) is 0 Å². The normalized spacial score (nSPS) is 8.31. The van der Waals surface area contributed by atoms with Crippen molar-refractivity contribution >= 4 is 0 Å². The fourth-order valence-electron chi connectivity index (χ4n) is 1.29. The second-order valence-corrected chi connectivity index (χ2v) is 3.59. The fourth-order valence-corrected chi connectivity index (χ4v) is 1.29. The maximum absolute atomic E-state index is 2.21. The summed E-state index contributed by atoms with van der Waals surface area (Å²) in [4.78, 5) is 0. The molecule has 0 saturated carbocycles. The van der Waals surface area contributed by atoms with Gasteiger partial charge >= 0.3 is 0 Å². The molecule has 94 valence electrons. The summed E-state index contributed by atoms with van der Waals surface area (Å²) in [6.07, 6.45) is 6.53. The van der Waals surface area contributed by atoms with Crippen molar-refractivity contribution in [3.63, 3.8) is 0 Å². The molecule has 0 aliphatic rings. The number of hydrogen-bond acceptors (Lipinski definition) is 0. The van der Waals surface area contributed by atoms with Gasteiger partial charge in [-0.05, 0) is 12.0 Å². The first-order valence-electron chi connectivity index (χ1n) is 6.89. The van der Waals surface area contributed by atoms with Crippen LogP contribution in [0.3, 0.4) is 0 Å². The first-order valence-corrected chi connectivity index (χ1v) is 6.89. The van der Waals surface area contributed by atoms with Crippen LogP contribution in [0.2, 0.25) is 0 Å². The van der Waals surface area contributed by atoms with E-state index in [1.54, 1.807) is 0 Å². The first kappa shape index (κ1) is 17.6. The number of rotatable bonds is 4. The van der Waals surface area contributed by atoms with Crippen LogP contribution in [-0.4, -0.2) is 0 Å². The highest BCUT2D eigenvalue weighted by Crippen LogP contribution is 2.00. The molecule has 1 aromatic carbocycles. The van der Waals surface area contributed by atoms with Crippen LogP contribution < -0.4 is 0 Å². The van der Waals surface area contributed by atoms with Crippen LogP contribution in [-0.2, 0) is 6.42 Å². The minimum Gasteiger partial charge on any atom is -0.0683 e. The molecule has 1 aromatic rings. The summed E-state index contributed by atoms with van der Waals surface area (Å²) in [6, 6.07) is 10.6. The molecule has 0 radical (unpaired) electrons. The molecular weight excluding hydrogens is 192 g/mol. The van der Waals surface area contributed by atoms with E-state index in [0.717, 1.165) is 0 Å². The van der Waals surface area contributed by atoms with E-state index in [-0.39, 0.29) is 0 Å². The SMILES string of the molecule is CC.CCCCC.CCCc1ccccc1. The monoisotopic (exact) mass is 222 g/mol. The van der Waals surface area contributed by atoms with Crippen molar-refractivity contribution in [2.45, 2.75) is 66.7 Å². The van der Waals surface area contributed by atoms with Crippen molar-refractivity contribution < 1.29 is 0 Å². The number of aryl methyl sites for hydroxylation is 1. The lowest BCUT2D eigenvalue weighted by atomic mass is 10.1. The van der Waals surface area contributed by atoms with Gasteiger partial charge in [-0.15, -0.1) is 0 Å². The van der Waals surface area contributed by atoms with Crippen LogP contribution in [0.15, 0.2) is 30.3 Å². The topological polar surface area (TPSA) is 0 Å². The van der Waals surface area contributed by atoms with Gasteiger partial charge in [0.15, 0.2) is 0 Å². The molecule has 16 heavy (non-hydrogen) atoms. The molecule has 0 amide bonds. The molecule has 0 aliphatic heterocycles. The lowest BCUT2D eigenvalue weighted by molar-refractivity contribution is 0.772. The molecule has 0 aliphatic carbocycles. The molecular formula is C16H30. The summed E-state index contributed by atoms with van der Waals surface area (Å²) in [7, 11) is 0. The number of unbranched alkanes of at least 4 members (excludes halogenated alkanes) is 2. The third kappa shape index (κ3) is 13.2. The zero-order chi connectivity index (χ0) is 12.6. The quantitative estimate of drug-likeness (QED) is 0.598. The van der Waals surface area contributed by atoms with Crippen LogP contribution in [0.1, 0.15) is 65.9 Å². The molecule has 0 atom stereocenters. The Balaban J connectivity index is 0. The van der Waals surface area contributed by atoms with Crippen molar-refractivity contribution in [3.8, 4) is 0 Å². The van der Waals surface area contributed by atoms with Crippen LogP contribution in [0.25, 0.3) is 0 Å². The molecule has 1 rings (SSSR count). The predicted molar refractivity (Wildman–Crippen MR) is 77.0 cm³/mol. The summed E-state index contributed by atoms with van der Waals surface area (Å²) in [6.45, 7) is 10.6. The van der Waals surface area contributed by atoms with Gasteiger partial charge in [-0.2, -0.15) is 0 Å². The first-order chi connectivity index (χ1) is 7.85. The zero-order valence-corrected chi connectivity index (χ0v) is 11.9. The van der Waals surface area contributed by atoms with E-state index in [9.17, 15) is 0 Å². The van der Waals surface area contributed by atoms with E-state index >= 15 is 0 Å². The van der Waals surface area contributed by atoms with Gasteiger partial charge in [-0.1, -0.05) is 90.6 Å². The van der Waals surface area contributed by atoms with Crippen molar-refractivity contribution in [3.05, 3.63) is 35.9 Å². The second kappa shape index (κ2) is 16.6. The van der Waals surface area contributed by atoms with Gasteiger partial charge < -0.3 is 0 Å². The lowest BCUT2D eigenvalue weighted by Gasteiger charge is -1.93. The van der Waals surface area contributed by atoms with E-state index in [1.807, 2.05) is 13.8 Å². The summed E-state index contributed by atoms with van der Waals surface area (Å²) < 4.78 is 0. The summed E-state index contributed by atoms with van der Waals surface area (Å²) in [5.74, 6) is 0. The standard InChI is InChI=1S/C9H12.C5H12.C2H6/c1-2-6-9-7-4-3-5-8-9;1-3-5-4-2;1-2/h3-5,7-8H,2,6H2,1H3;3-5H2,1-2H3;1-2H3. The van der Waals surface area contributed by atoms with Gasteiger partial charge in [0.05, 0.1) is 0 Å². The average Bonchev–Trinajstić information content (AvgIpc) is 2.35. The summed E-state index contributed by atoms with van der Waals surface area (Å²) in [5.41, 5.74) is 1.44. The van der Waals surface area contributed by atoms with Crippen molar-refractivity contribution in [2.24, 2.45) is 0 Å². The van der Waals surface area contributed by atoms with E-state index in [4.69, 9.17) is 0 Å². The third-order valence-electron chi connectivity index (χ3n) is 2.09. The molecule has 0 aromatic heterocycles. The Bertz CT molecular complexity index is 186. The van der Waals surface area contributed by atoms with Gasteiger partial charge in [0.1, 0.15) is 0 Å². The highest BCUT2D eigenvalue weighted by Gasteiger charge is 1.84. The van der Waals surface area contributed by atoms with Crippen molar-refractivity contribution in [1.82, 2.24) is 0 Å². The Morgan fingerprint density at radius 2 is 1.25 bits per heavy atom. The van der Waals surface area contributed by atoms with Gasteiger partial charge in [-0.3, -0.25) is 0 Å². The summed E-state index contributed by atoms with van der Waals surface area (Å²) >= 11 is 0. The molecule has 0 spiro atoms. The Kier molecular flexibility index (Phi) is 18.3. The van der Waals surface area contributed by atoms with Crippen LogP contribution in [0.5, 0.6) is 0 Å². The van der Waals surface area contributed by atoms with Gasteiger partial charge in [0.25, 0.3) is 0 Å². The molecule has 0 unspecified atom stereocenters. The molecule has 0 N–H and O–H groups in total. The van der Waals surface area contributed by atoms with Crippen LogP contribution in [0, 0.1) is 0 Å². The molecule has 0 nitrogen and oxygen atoms in total. The second-order valence-electron chi connectivity index (χ2n) is 3.59. The Labute approximate surface area is 103 Å². The smallest absolute Gasteiger partial charge is 0.0281 e. The van der Waals surface area contributed by atoms with E-state index in [2.05, 4.69) is 51.1 Å². The lowest BCUT2D eigenvalue weighted by Crippen LogP contribution is -1.78. The maximum atomic E-state index is 2.21. The van der Waals surface area contributed by atoms with E-state index in [0.29, 0.717) is 0 Å². The highest BCUT2D eigenvalue weighted by atomic mass is 13.9. The Morgan fingerprint density at radius 3 is 1.56 bits per heavy atom. The van der Waals surface area contributed by atoms with E-state index in [1.165, 1.54) is 37.7 Å². The average molecular weight is 222 g/mol. The summed E-state index contributed by atoms with van der Waals surface area (Å²) in [5, 5.41) is 0. The van der Waals surface area contributed by atoms with Crippen molar-refractivity contribution in [1.29, 1.82) is 0 Å². The molecule has 0 bridgehead atoms. The number of hydrogen-bond donors (Lipinski definition) is 0. The minimum atomic E-state index is 1.21. The van der Waals surface area contributed by atoms with Crippen molar-refractivity contribution in [2.75, 3.05) is 0 Å². The molecule has 0 heteroatoms. The van der Waals surface area contributed by atoms with E-state index < -0.39 is 0 Å². The van der Waals surface area contributed by atoms with Gasteiger partial charge in [-0.25, -0.2) is 0 Å². The van der Waals surface area contributed by atoms with Gasteiger partial charge in [0.2, 0.25) is 0 Å².